The van der Waals surface area contributed by atoms with Gasteiger partial charge in [0.2, 0.25) is 10.0 Å². The second-order valence-electron chi connectivity index (χ2n) is 6.08. The maximum atomic E-state index is 12.5. The highest BCUT2D eigenvalue weighted by Crippen LogP contribution is 2.37. The van der Waals surface area contributed by atoms with Crippen LogP contribution in [0.3, 0.4) is 0 Å². The summed E-state index contributed by atoms with van der Waals surface area (Å²) < 4.78 is 26.9. The van der Waals surface area contributed by atoms with Crippen LogP contribution in [0.15, 0.2) is 0 Å². The lowest BCUT2D eigenvalue weighted by molar-refractivity contribution is 0.260. The summed E-state index contributed by atoms with van der Waals surface area (Å²) in [5.41, 5.74) is 0. The predicted octanol–water partition coefficient (Wildman–Crippen LogP) is 1.33. The SMILES string of the molecule is O=S(=O)(CC1CCCN1)N1CCC2CCCCC21. The molecule has 18 heavy (non-hydrogen) atoms. The summed E-state index contributed by atoms with van der Waals surface area (Å²) in [4.78, 5) is 0. The average Bonchev–Trinajstić information content (AvgIpc) is 2.96. The van der Waals surface area contributed by atoms with Crippen LogP contribution in [-0.4, -0.2) is 43.6 Å². The van der Waals surface area contributed by atoms with Gasteiger partial charge in [0, 0.05) is 18.6 Å². The molecule has 5 heteroatoms. The van der Waals surface area contributed by atoms with E-state index in [1.807, 2.05) is 4.31 Å². The van der Waals surface area contributed by atoms with E-state index in [1.54, 1.807) is 0 Å². The van der Waals surface area contributed by atoms with E-state index in [1.165, 1.54) is 19.3 Å². The van der Waals surface area contributed by atoms with Gasteiger partial charge in [0.1, 0.15) is 0 Å². The molecule has 2 aliphatic heterocycles. The van der Waals surface area contributed by atoms with Crippen LogP contribution in [0.5, 0.6) is 0 Å². The Morgan fingerprint density at radius 2 is 1.89 bits per heavy atom. The monoisotopic (exact) mass is 272 g/mol. The maximum absolute atomic E-state index is 12.5. The van der Waals surface area contributed by atoms with Crippen molar-refractivity contribution in [2.24, 2.45) is 5.92 Å². The minimum absolute atomic E-state index is 0.192. The van der Waals surface area contributed by atoms with Crippen molar-refractivity contribution in [3.8, 4) is 0 Å². The van der Waals surface area contributed by atoms with E-state index in [0.29, 0.717) is 17.7 Å². The molecule has 0 amide bonds. The van der Waals surface area contributed by atoms with Gasteiger partial charge in [-0.15, -0.1) is 0 Å². The molecule has 0 aromatic carbocycles. The van der Waals surface area contributed by atoms with Gasteiger partial charge in [-0.1, -0.05) is 12.8 Å². The molecule has 3 rings (SSSR count). The Kier molecular flexibility index (Phi) is 3.65. The third kappa shape index (κ3) is 2.45. The van der Waals surface area contributed by atoms with Gasteiger partial charge in [-0.25, -0.2) is 8.42 Å². The number of rotatable bonds is 3. The highest BCUT2D eigenvalue weighted by Gasteiger charge is 2.42. The number of hydrogen-bond acceptors (Lipinski definition) is 3. The number of nitrogens with zero attached hydrogens (tertiary/aromatic N) is 1. The van der Waals surface area contributed by atoms with Gasteiger partial charge in [0.05, 0.1) is 5.75 Å². The third-order valence-electron chi connectivity index (χ3n) is 4.89. The van der Waals surface area contributed by atoms with Crippen molar-refractivity contribution in [2.45, 2.75) is 57.0 Å². The van der Waals surface area contributed by atoms with Crippen molar-refractivity contribution < 1.29 is 8.42 Å². The molecule has 0 aromatic rings. The van der Waals surface area contributed by atoms with E-state index >= 15 is 0 Å². The lowest BCUT2D eigenvalue weighted by Crippen LogP contribution is -2.44. The van der Waals surface area contributed by atoms with Gasteiger partial charge in [0.25, 0.3) is 0 Å². The van der Waals surface area contributed by atoms with Gasteiger partial charge in [-0.2, -0.15) is 4.31 Å². The first kappa shape index (κ1) is 12.9. The summed E-state index contributed by atoms with van der Waals surface area (Å²) in [6.45, 7) is 1.75. The lowest BCUT2D eigenvalue weighted by Gasteiger charge is -2.31. The van der Waals surface area contributed by atoms with E-state index in [2.05, 4.69) is 5.32 Å². The fourth-order valence-corrected chi connectivity index (χ4v) is 6.02. The number of hydrogen-bond donors (Lipinski definition) is 1. The molecular weight excluding hydrogens is 248 g/mol. The van der Waals surface area contributed by atoms with Crippen LogP contribution in [0.25, 0.3) is 0 Å². The Morgan fingerprint density at radius 1 is 1.06 bits per heavy atom. The van der Waals surface area contributed by atoms with Crippen LogP contribution in [0.2, 0.25) is 0 Å². The topological polar surface area (TPSA) is 49.4 Å². The van der Waals surface area contributed by atoms with Crippen molar-refractivity contribution in [1.82, 2.24) is 9.62 Å². The molecule has 3 aliphatic rings. The fourth-order valence-electron chi connectivity index (χ4n) is 3.96. The maximum Gasteiger partial charge on any atom is 0.215 e. The summed E-state index contributed by atoms with van der Waals surface area (Å²) in [5, 5.41) is 3.30. The number of nitrogens with one attached hydrogen (secondary N) is 1. The first-order chi connectivity index (χ1) is 8.67. The average molecular weight is 272 g/mol. The molecule has 4 nitrogen and oxygen atoms in total. The molecule has 104 valence electrons. The van der Waals surface area contributed by atoms with Crippen molar-refractivity contribution in [1.29, 1.82) is 0 Å². The molecule has 1 N–H and O–H groups in total. The van der Waals surface area contributed by atoms with E-state index < -0.39 is 10.0 Å². The van der Waals surface area contributed by atoms with Crippen LogP contribution in [0.1, 0.15) is 44.9 Å². The van der Waals surface area contributed by atoms with Crippen molar-refractivity contribution in [3.63, 3.8) is 0 Å². The zero-order valence-electron chi connectivity index (χ0n) is 11.0. The molecule has 3 atom stereocenters. The van der Waals surface area contributed by atoms with Gasteiger partial charge in [-0.05, 0) is 44.6 Å². The molecule has 3 fully saturated rings. The first-order valence-corrected chi connectivity index (χ1v) is 9.00. The Hall–Kier alpha value is -0.130. The second kappa shape index (κ2) is 5.10. The van der Waals surface area contributed by atoms with Crippen molar-refractivity contribution in [3.05, 3.63) is 0 Å². The summed E-state index contributed by atoms with van der Waals surface area (Å²) in [7, 11) is -3.04. The van der Waals surface area contributed by atoms with Crippen LogP contribution < -0.4 is 5.32 Å². The van der Waals surface area contributed by atoms with Gasteiger partial charge in [-0.3, -0.25) is 0 Å². The van der Waals surface area contributed by atoms with Gasteiger partial charge < -0.3 is 5.32 Å². The Labute approximate surface area is 110 Å². The molecular formula is C13H24N2O2S. The minimum atomic E-state index is -3.04. The zero-order valence-corrected chi connectivity index (χ0v) is 11.8. The van der Waals surface area contributed by atoms with Crippen molar-refractivity contribution in [2.75, 3.05) is 18.8 Å². The van der Waals surface area contributed by atoms with Gasteiger partial charge >= 0.3 is 0 Å². The number of fused-ring (bicyclic) bond motifs is 1. The molecule has 0 spiro atoms. The molecule has 1 aliphatic carbocycles. The van der Waals surface area contributed by atoms with Crippen LogP contribution in [0, 0.1) is 5.92 Å². The van der Waals surface area contributed by atoms with Crippen LogP contribution in [-0.2, 0) is 10.0 Å². The minimum Gasteiger partial charge on any atom is -0.313 e. The zero-order chi connectivity index (χ0) is 12.6. The molecule has 2 saturated heterocycles. The Morgan fingerprint density at radius 3 is 2.67 bits per heavy atom. The van der Waals surface area contributed by atoms with E-state index in [0.717, 1.165) is 38.8 Å². The third-order valence-corrected chi connectivity index (χ3v) is 6.88. The second-order valence-corrected chi connectivity index (χ2v) is 8.05. The summed E-state index contributed by atoms with van der Waals surface area (Å²) in [6.07, 6.45) is 8.03. The van der Waals surface area contributed by atoms with Crippen LogP contribution >= 0.6 is 0 Å². The standard InChI is InChI=1S/C13H24N2O2S/c16-18(17,10-12-5-3-8-14-12)15-9-7-11-4-1-2-6-13(11)15/h11-14H,1-10H2. The molecule has 1 saturated carbocycles. The molecule has 3 unspecified atom stereocenters. The Balaban J connectivity index is 1.68. The fraction of sp³-hybridized carbons (Fsp3) is 1.00. The molecule has 0 bridgehead atoms. The quantitative estimate of drug-likeness (QED) is 0.843. The summed E-state index contributed by atoms with van der Waals surface area (Å²) in [6, 6.07) is 0.516. The lowest BCUT2D eigenvalue weighted by atomic mass is 9.86. The first-order valence-electron chi connectivity index (χ1n) is 7.40. The number of sulfonamides is 1. The van der Waals surface area contributed by atoms with E-state index in [4.69, 9.17) is 0 Å². The highest BCUT2D eigenvalue weighted by molar-refractivity contribution is 7.89. The van der Waals surface area contributed by atoms with Crippen molar-refractivity contribution >= 4 is 10.0 Å². The predicted molar refractivity (Wildman–Crippen MR) is 71.9 cm³/mol. The van der Waals surface area contributed by atoms with E-state index in [9.17, 15) is 8.42 Å². The largest absolute Gasteiger partial charge is 0.313 e. The molecule has 0 radical (unpaired) electrons. The summed E-state index contributed by atoms with van der Waals surface area (Å²) >= 11 is 0. The molecule has 0 aromatic heterocycles. The van der Waals surface area contributed by atoms with Gasteiger partial charge in [0.15, 0.2) is 0 Å². The molecule has 2 heterocycles. The van der Waals surface area contributed by atoms with Crippen LogP contribution in [0.4, 0.5) is 0 Å². The highest BCUT2D eigenvalue weighted by atomic mass is 32.2. The summed E-state index contributed by atoms with van der Waals surface area (Å²) in [5.74, 6) is 0.959. The normalized spacial score (nSPS) is 37.9. The Bertz CT molecular complexity index is 390. The smallest absolute Gasteiger partial charge is 0.215 e. The van der Waals surface area contributed by atoms with E-state index in [-0.39, 0.29) is 6.04 Å².